The third-order valence-corrected chi connectivity index (χ3v) is 2.92. The summed E-state index contributed by atoms with van der Waals surface area (Å²) < 4.78 is 1.07. The molecule has 15 heavy (non-hydrogen) atoms. The second-order valence-corrected chi connectivity index (χ2v) is 5.04. The second-order valence-electron chi connectivity index (χ2n) is 3.72. The third-order valence-electron chi connectivity index (χ3n) is 2.06. The molecule has 1 N–H and O–H groups in total. The first-order chi connectivity index (χ1) is 7.09. The molecule has 0 aliphatic carbocycles. The van der Waals surface area contributed by atoms with E-state index in [0.29, 0.717) is 0 Å². The Morgan fingerprint density at radius 2 is 2.13 bits per heavy atom. The van der Waals surface area contributed by atoms with Gasteiger partial charge in [0.25, 0.3) is 0 Å². The van der Waals surface area contributed by atoms with E-state index in [0.717, 1.165) is 34.7 Å². The lowest BCUT2D eigenvalue weighted by Gasteiger charge is -2.11. The molecule has 4 heteroatoms. The predicted octanol–water partition coefficient (Wildman–Crippen LogP) is 2.75. The molecule has 0 radical (unpaired) electrons. The molecule has 0 unspecified atom stereocenters. The van der Waals surface area contributed by atoms with Gasteiger partial charge in [0.05, 0.1) is 0 Å². The summed E-state index contributed by atoms with van der Waals surface area (Å²) in [5.41, 5.74) is 1.13. The van der Waals surface area contributed by atoms with Gasteiger partial charge in [-0.15, -0.1) is 0 Å². The molecule has 0 aliphatic heterocycles. The Hall–Kier alpha value is -0.0900. The Labute approximate surface area is 105 Å². The van der Waals surface area contributed by atoms with Gasteiger partial charge in [-0.05, 0) is 37.9 Å². The molecule has 1 aromatic carbocycles. The van der Waals surface area contributed by atoms with Crippen LogP contribution in [0.1, 0.15) is 5.56 Å². The van der Waals surface area contributed by atoms with E-state index in [1.165, 1.54) is 0 Å². The second kappa shape index (κ2) is 6.48. The van der Waals surface area contributed by atoms with Gasteiger partial charge < -0.3 is 10.2 Å². The summed E-state index contributed by atoms with van der Waals surface area (Å²) in [6.07, 6.45) is 0. The van der Waals surface area contributed by atoms with Crippen LogP contribution in [0, 0.1) is 0 Å². The highest BCUT2D eigenvalue weighted by Crippen LogP contribution is 2.20. The van der Waals surface area contributed by atoms with Crippen LogP contribution in [0.2, 0.25) is 5.02 Å². The fourth-order valence-corrected chi connectivity index (χ4v) is 1.80. The fraction of sp³-hybridized carbons (Fsp3) is 0.455. The number of hydrogen-bond donors (Lipinski definition) is 1. The smallest absolute Gasteiger partial charge is 0.0451 e. The monoisotopic (exact) mass is 290 g/mol. The maximum absolute atomic E-state index is 6.07. The minimum absolute atomic E-state index is 0.812. The zero-order chi connectivity index (χ0) is 11.3. The Balaban J connectivity index is 2.40. The number of likely N-dealkylation sites (N-methyl/N-ethyl adjacent to an activating group) is 1. The number of rotatable bonds is 5. The van der Waals surface area contributed by atoms with E-state index >= 15 is 0 Å². The van der Waals surface area contributed by atoms with Crippen LogP contribution in [-0.2, 0) is 6.54 Å². The Kier molecular flexibility index (Phi) is 5.61. The summed E-state index contributed by atoms with van der Waals surface area (Å²) in [6, 6.07) is 5.91. The van der Waals surface area contributed by atoms with E-state index in [-0.39, 0.29) is 0 Å². The number of nitrogens with zero attached hydrogens (tertiary/aromatic N) is 1. The van der Waals surface area contributed by atoms with Crippen molar-refractivity contribution >= 4 is 27.5 Å². The largest absolute Gasteiger partial charge is 0.311 e. The fourth-order valence-electron chi connectivity index (χ4n) is 1.20. The highest BCUT2D eigenvalue weighted by atomic mass is 79.9. The van der Waals surface area contributed by atoms with Gasteiger partial charge in [0, 0.05) is 29.1 Å². The van der Waals surface area contributed by atoms with Crippen LogP contribution in [0.4, 0.5) is 0 Å². The number of hydrogen-bond acceptors (Lipinski definition) is 2. The zero-order valence-electron chi connectivity index (χ0n) is 9.06. The van der Waals surface area contributed by atoms with Crippen molar-refractivity contribution in [2.75, 3.05) is 27.2 Å². The quantitative estimate of drug-likeness (QED) is 0.839. The van der Waals surface area contributed by atoms with Gasteiger partial charge in [0.15, 0.2) is 0 Å². The van der Waals surface area contributed by atoms with Crippen molar-refractivity contribution in [2.45, 2.75) is 6.54 Å². The van der Waals surface area contributed by atoms with E-state index in [1.54, 1.807) is 0 Å². The van der Waals surface area contributed by atoms with Crippen LogP contribution in [0.3, 0.4) is 0 Å². The first-order valence-electron chi connectivity index (χ1n) is 4.89. The van der Waals surface area contributed by atoms with Crippen LogP contribution in [0.5, 0.6) is 0 Å². The van der Waals surface area contributed by atoms with Crippen molar-refractivity contribution < 1.29 is 0 Å². The van der Waals surface area contributed by atoms with Crippen LogP contribution in [-0.4, -0.2) is 32.1 Å². The summed E-state index contributed by atoms with van der Waals surface area (Å²) in [5, 5.41) is 4.17. The van der Waals surface area contributed by atoms with Crippen molar-refractivity contribution in [3.63, 3.8) is 0 Å². The summed E-state index contributed by atoms with van der Waals surface area (Å²) in [7, 11) is 4.13. The lowest BCUT2D eigenvalue weighted by Crippen LogP contribution is -2.26. The minimum atomic E-state index is 0.812. The number of benzene rings is 1. The van der Waals surface area contributed by atoms with Crippen molar-refractivity contribution in [3.05, 3.63) is 33.3 Å². The molecule has 2 nitrogen and oxygen atoms in total. The van der Waals surface area contributed by atoms with Crippen LogP contribution >= 0.6 is 27.5 Å². The third kappa shape index (κ3) is 4.98. The van der Waals surface area contributed by atoms with E-state index in [1.807, 2.05) is 18.2 Å². The molecule has 0 saturated carbocycles. The van der Waals surface area contributed by atoms with E-state index in [2.05, 4.69) is 40.2 Å². The molecule has 0 atom stereocenters. The SMILES string of the molecule is CN(C)CCNCc1cc(Br)ccc1Cl. The topological polar surface area (TPSA) is 15.3 Å². The van der Waals surface area contributed by atoms with Crippen molar-refractivity contribution in [2.24, 2.45) is 0 Å². The van der Waals surface area contributed by atoms with Crippen molar-refractivity contribution in [3.8, 4) is 0 Å². The number of halogens is 2. The van der Waals surface area contributed by atoms with Gasteiger partial charge in [-0.2, -0.15) is 0 Å². The molecule has 0 fully saturated rings. The maximum Gasteiger partial charge on any atom is 0.0451 e. The highest BCUT2D eigenvalue weighted by Gasteiger charge is 2.00. The number of nitrogens with one attached hydrogen (secondary N) is 1. The maximum atomic E-state index is 6.07. The average Bonchev–Trinajstić information content (AvgIpc) is 2.17. The van der Waals surface area contributed by atoms with E-state index in [4.69, 9.17) is 11.6 Å². The molecule has 84 valence electrons. The highest BCUT2D eigenvalue weighted by molar-refractivity contribution is 9.10. The molecule has 0 spiro atoms. The van der Waals surface area contributed by atoms with Crippen molar-refractivity contribution in [1.82, 2.24) is 10.2 Å². The molecule has 0 saturated heterocycles. The van der Waals surface area contributed by atoms with E-state index in [9.17, 15) is 0 Å². The molecule has 0 bridgehead atoms. The Bertz CT molecular complexity index is 315. The lowest BCUT2D eigenvalue weighted by molar-refractivity contribution is 0.400. The van der Waals surface area contributed by atoms with Gasteiger partial charge in [-0.25, -0.2) is 0 Å². The standard InChI is InChI=1S/C11H16BrClN2/c1-15(2)6-5-14-8-9-7-10(12)3-4-11(9)13/h3-4,7,14H,5-6,8H2,1-2H3. The van der Waals surface area contributed by atoms with Gasteiger partial charge in [-0.1, -0.05) is 27.5 Å². The van der Waals surface area contributed by atoms with Gasteiger partial charge in [0.2, 0.25) is 0 Å². The first-order valence-corrected chi connectivity index (χ1v) is 6.06. The van der Waals surface area contributed by atoms with Crippen molar-refractivity contribution in [1.29, 1.82) is 0 Å². The molecule has 1 aromatic rings. The first kappa shape index (κ1) is 13.0. The van der Waals surface area contributed by atoms with E-state index < -0.39 is 0 Å². The van der Waals surface area contributed by atoms with Crippen LogP contribution in [0.15, 0.2) is 22.7 Å². The normalized spacial score (nSPS) is 11.0. The molecule has 0 aromatic heterocycles. The van der Waals surface area contributed by atoms with Gasteiger partial charge in [-0.3, -0.25) is 0 Å². The molecule has 1 rings (SSSR count). The van der Waals surface area contributed by atoms with Gasteiger partial charge >= 0.3 is 0 Å². The lowest BCUT2D eigenvalue weighted by atomic mass is 10.2. The molecular weight excluding hydrogens is 275 g/mol. The molecular formula is C11H16BrClN2. The summed E-state index contributed by atoms with van der Waals surface area (Å²) in [5.74, 6) is 0. The minimum Gasteiger partial charge on any atom is -0.311 e. The summed E-state index contributed by atoms with van der Waals surface area (Å²) in [6.45, 7) is 2.81. The molecule has 0 amide bonds. The Morgan fingerprint density at radius 1 is 1.40 bits per heavy atom. The zero-order valence-corrected chi connectivity index (χ0v) is 11.4. The molecule has 0 heterocycles. The summed E-state index contributed by atoms with van der Waals surface area (Å²) >= 11 is 9.50. The molecule has 0 aliphatic rings. The Morgan fingerprint density at radius 3 is 2.80 bits per heavy atom. The van der Waals surface area contributed by atoms with Crippen LogP contribution in [0.25, 0.3) is 0 Å². The van der Waals surface area contributed by atoms with Crippen LogP contribution < -0.4 is 5.32 Å². The average molecular weight is 292 g/mol. The summed E-state index contributed by atoms with van der Waals surface area (Å²) in [4.78, 5) is 2.15. The predicted molar refractivity (Wildman–Crippen MR) is 69.4 cm³/mol. The van der Waals surface area contributed by atoms with Gasteiger partial charge in [0.1, 0.15) is 0 Å².